The second-order valence-electron chi connectivity index (χ2n) is 13.2. The molecule has 1 aliphatic heterocycles. The van der Waals surface area contributed by atoms with Crippen LogP contribution in [0.3, 0.4) is 0 Å². The van der Waals surface area contributed by atoms with Crippen molar-refractivity contribution in [3.63, 3.8) is 0 Å². The number of amides is 3. The van der Waals surface area contributed by atoms with Crippen LogP contribution in [-0.2, 0) is 30.4 Å². The smallest absolute Gasteiger partial charge is 0.471 e. The van der Waals surface area contributed by atoms with Crippen molar-refractivity contribution >= 4 is 40.7 Å². The predicted molar refractivity (Wildman–Crippen MR) is 169 cm³/mol. The summed E-state index contributed by atoms with van der Waals surface area (Å²) in [7, 11) is 3.00. The van der Waals surface area contributed by atoms with Crippen LogP contribution in [0.5, 0.6) is 5.75 Å². The van der Waals surface area contributed by atoms with Crippen molar-refractivity contribution < 1.29 is 57.6 Å². The van der Waals surface area contributed by atoms with E-state index >= 15 is 0 Å². The lowest BCUT2D eigenvalue weighted by Crippen LogP contribution is -2.65. The number of alkyl halides is 3. The van der Waals surface area contributed by atoms with Gasteiger partial charge in [-0.1, -0.05) is 18.2 Å². The third kappa shape index (κ3) is 5.20. The highest BCUT2D eigenvalue weighted by atomic mass is 19.4. The molecule has 0 bridgehead atoms. The third-order valence-electron chi connectivity index (χ3n) is 10.1. The lowest BCUT2D eigenvalue weighted by molar-refractivity contribution is -0.186. The molecule has 7 N–H and O–H groups in total. The maximum absolute atomic E-state index is 14.0. The van der Waals surface area contributed by atoms with E-state index in [2.05, 4.69) is 5.32 Å². The van der Waals surface area contributed by atoms with E-state index < -0.39 is 87.8 Å². The Morgan fingerprint density at radius 3 is 2.30 bits per heavy atom. The van der Waals surface area contributed by atoms with Crippen LogP contribution in [0.25, 0.3) is 16.9 Å². The zero-order valence-corrected chi connectivity index (χ0v) is 26.7. The number of nitrogens with two attached hydrogens (primary N) is 1. The normalized spacial score (nSPS) is 26.5. The van der Waals surface area contributed by atoms with Gasteiger partial charge in [0.15, 0.2) is 11.4 Å². The molecule has 6 rings (SSSR count). The predicted octanol–water partition coefficient (Wildman–Crippen LogP) is 2.12. The van der Waals surface area contributed by atoms with Crippen molar-refractivity contribution in [1.82, 2.24) is 9.80 Å². The van der Waals surface area contributed by atoms with E-state index in [0.717, 1.165) is 0 Å². The minimum Gasteiger partial charge on any atom is -0.508 e. The molecule has 3 amide bonds. The lowest BCUT2D eigenvalue weighted by Gasteiger charge is -2.50. The second kappa shape index (κ2) is 12.0. The molecule has 5 atom stereocenters. The fourth-order valence-electron chi connectivity index (χ4n) is 7.92. The number of Topliss-reactive ketones (excluding diaryl/α,β-unsaturated/α-hetero) is 2. The van der Waals surface area contributed by atoms with Gasteiger partial charge in [0.25, 0.3) is 5.91 Å². The van der Waals surface area contributed by atoms with Gasteiger partial charge in [0.05, 0.1) is 11.6 Å². The van der Waals surface area contributed by atoms with E-state index in [0.29, 0.717) is 21.6 Å². The number of primary amides is 1. The molecule has 2 fully saturated rings. The minimum absolute atomic E-state index is 0.0432. The molecule has 1 saturated carbocycles. The first-order valence-electron chi connectivity index (χ1n) is 15.7. The first-order valence-corrected chi connectivity index (χ1v) is 15.7. The van der Waals surface area contributed by atoms with E-state index in [1.54, 1.807) is 18.2 Å². The van der Waals surface area contributed by atoms with Gasteiger partial charge in [-0.2, -0.15) is 13.2 Å². The Bertz CT molecular complexity index is 1920. The number of phenols is 1. The van der Waals surface area contributed by atoms with Gasteiger partial charge in [0.2, 0.25) is 11.7 Å². The SMILES string of the molecule is CN(C)[C@H]1C(=O)C(C(N)=O)=C(O)[C@@]2(O)C(=O)C3=C(O)c4c(O)ccc(-c5ccc(NC(=O)C6CCCN6C(=O)C(F)(F)F)cc5)c4C[C@H]3C[C@@H]12. The topological polar surface area (TPSA) is 211 Å². The number of rotatable bonds is 5. The monoisotopic (exact) mass is 698 g/mol. The fraction of sp³-hybridized carbons (Fsp3) is 0.382. The van der Waals surface area contributed by atoms with E-state index in [9.17, 15) is 57.6 Å². The van der Waals surface area contributed by atoms with Crippen LogP contribution in [0.2, 0.25) is 0 Å². The maximum Gasteiger partial charge on any atom is 0.471 e. The fourth-order valence-corrected chi connectivity index (χ4v) is 7.92. The molecule has 16 heteroatoms. The van der Waals surface area contributed by atoms with Gasteiger partial charge in [-0.25, -0.2) is 0 Å². The summed E-state index contributed by atoms with van der Waals surface area (Å²) in [5.41, 5.74) is 2.97. The number of likely N-dealkylation sites (tertiary alicyclic amines) is 1. The number of fused-ring (bicyclic) bond motifs is 3. The Hall–Kier alpha value is -5.22. The highest BCUT2D eigenvalue weighted by Gasteiger charge is 2.64. The number of halogens is 3. The number of carbonyl (C=O) groups is 5. The van der Waals surface area contributed by atoms with E-state index in [-0.39, 0.29) is 49.1 Å². The first kappa shape index (κ1) is 34.6. The molecule has 0 spiro atoms. The van der Waals surface area contributed by atoms with Crippen LogP contribution in [-0.4, -0.2) is 104 Å². The first-order chi connectivity index (χ1) is 23.4. The van der Waals surface area contributed by atoms with Gasteiger partial charge in [-0.3, -0.25) is 28.9 Å². The molecule has 3 aliphatic carbocycles. The van der Waals surface area contributed by atoms with Gasteiger partial charge < -0.3 is 36.4 Å². The quantitative estimate of drug-likeness (QED) is 0.251. The summed E-state index contributed by atoms with van der Waals surface area (Å²) in [6.07, 6.45) is -4.86. The Morgan fingerprint density at radius 1 is 1.04 bits per heavy atom. The average molecular weight is 699 g/mol. The third-order valence-corrected chi connectivity index (χ3v) is 10.1. The molecule has 50 heavy (non-hydrogen) atoms. The summed E-state index contributed by atoms with van der Waals surface area (Å²) in [5.74, 6) is -10.5. The summed E-state index contributed by atoms with van der Waals surface area (Å²) in [4.78, 5) is 66.1. The van der Waals surface area contributed by atoms with Crippen molar-refractivity contribution in [1.29, 1.82) is 0 Å². The van der Waals surface area contributed by atoms with Crippen LogP contribution in [0.15, 0.2) is 53.3 Å². The summed E-state index contributed by atoms with van der Waals surface area (Å²) < 4.78 is 39.1. The zero-order valence-electron chi connectivity index (χ0n) is 26.7. The van der Waals surface area contributed by atoms with Gasteiger partial charge in [0, 0.05) is 23.7 Å². The number of benzene rings is 2. The molecule has 4 aliphatic rings. The Morgan fingerprint density at radius 2 is 1.70 bits per heavy atom. The number of nitrogens with one attached hydrogen (secondary N) is 1. The van der Waals surface area contributed by atoms with Gasteiger partial charge >= 0.3 is 12.1 Å². The second-order valence-corrected chi connectivity index (χ2v) is 13.2. The van der Waals surface area contributed by atoms with Crippen LogP contribution in [0.1, 0.15) is 30.4 Å². The van der Waals surface area contributed by atoms with Gasteiger partial charge in [-0.05, 0) is 80.6 Å². The number of hydrogen-bond acceptors (Lipinski definition) is 10. The van der Waals surface area contributed by atoms with Gasteiger partial charge in [0.1, 0.15) is 28.9 Å². The van der Waals surface area contributed by atoms with Crippen molar-refractivity contribution in [2.24, 2.45) is 17.6 Å². The number of anilines is 1. The number of likely N-dealkylation sites (N-methyl/N-ethyl adjacent to an activating group) is 1. The molecule has 0 aromatic heterocycles. The summed E-state index contributed by atoms with van der Waals surface area (Å²) in [5, 5.41) is 47.7. The standard InChI is InChI=1S/C34H33F3N4O9/c1-40(2)25-19-13-15-12-18-17(14-5-7-16(8-6-14)39-31(48)20-4-3-11-41(20)32(49)34(35,36)37)9-10-21(42)23(18)26(43)22(15)28(45)33(19,50)29(46)24(27(25)44)30(38)47/h5-10,15,19-20,25,42-43,46,50H,3-4,11-13H2,1-2H3,(H2,38,47)(H,39,48)/t15-,19-,20?,25+,33-/m0/s1. The summed E-state index contributed by atoms with van der Waals surface area (Å²) >= 11 is 0. The van der Waals surface area contributed by atoms with Crippen molar-refractivity contribution in [2.45, 2.75) is 49.5 Å². The number of nitrogens with zero attached hydrogens (tertiary/aromatic N) is 2. The molecule has 264 valence electrons. The van der Waals surface area contributed by atoms with E-state index in [1.165, 1.54) is 37.2 Å². The summed E-state index contributed by atoms with van der Waals surface area (Å²) in [6.45, 7) is -0.199. The number of phenolic OH excluding ortho intramolecular Hbond substituents is 1. The van der Waals surface area contributed by atoms with Crippen LogP contribution < -0.4 is 11.1 Å². The van der Waals surface area contributed by atoms with Crippen LogP contribution in [0, 0.1) is 11.8 Å². The highest BCUT2D eigenvalue weighted by molar-refractivity contribution is 6.24. The number of aromatic hydroxyl groups is 1. The lowest BCUT2D eigenvalue weighted by atomic mass is 9.57. The Balaban J connectivity index is 1.34. The van der Waals surface area contributed by atoms with E-state index in [1.807, 2.05) is 0 Å². The molecule has 13 nitrogen and oxygen atoms in total. The minimum atomic E-state index is -5.11. The number of ketones is 2. The maximum atomic E-state index is 14.0. The molecule has 0 radical (unpaired) electrons. The van der Waals surface area contributed by atoms with Crippen LogP contribution >= 0.6 is 0 Å². The Labute approximate surface area is 282 Å². The van der Waals surface area contributed by atoms with Crippen LogP contribution in [0.4, 0.5) is 18.9 Å². The molecular formula is C34H33F3N4O9. The van der Waals surface area contributed by atoms with Crippen molar-refractivity contribution in [2.75, 3.05) is 26.0 Å². The number of aliphatic hydroxyl groups is 3. The number of aliphatic hydroxyl groups excluding tert-OH is 2. The average Bonchev–Trinajstić information content (AvgIpc) is 3.52. The van der Waals surface area contributed by atoms with E-state index in [4.69, 9.17) is 5.73 Å². The number of hydrogen-bond donors (Lipinski definition) is 6. The highest BCUT2D eigenvalue weighted by Crippen LogP contribution is 2.53. The van der Waals surface area contributed by atoms with Gasteiger partial charge in [-0.15, -0.1) is 0 Å². The zero-order chi connectivity index (χ0) is 36.6. The van der Waals surface area contributed by atoms with Crippen molar-refractivity contribution in [3.8, 4) is 16.9 Å². The molecular weight excluding hydrogens is 665 g/mol. The molecule has 2 aromatic rings. The number of carbonyl (C=O) groups excluding carboxylic acids is 5. The molecule has 1 unspecified atom stereocenters. The Kier molecular flexibility index (Phi) is 8.30. The molecule has 1 heterocycles. The summed E-state index contributed by atoms with van der Waals surface area (Å²) in [6, 6.07) is 6.49. The molecule has 1 saturated heterocycles. The van der Waals surface area contributed by atoms with Crippen molar-refractivity contribution in [3.05, 3.63) is 64.4 Å². The molecule has 2 aromatic carbocycles. The largest absolute Gasteiger partial charge is 0.508 e.